The zero-order chi connectivity index (χ0) is 42.6. The Balaban J connectivity index is 4.25. The van der Waals surface area contributed by atoms with Crippen LogP contribution in [0.3, 0.4) is 0 Å². The molecule has 0 aromatic carbocycles. The maximum Gasteiger partial charge on any atom is 0.472 e. The SMILES string of the molecule is CC/C=C\C/C=C\CC(O)/C=C/C=C\C/C=C\CCCC(=O)OC[C@H](COP(=O)(O)OCCN)OC(=O)CCCCCCCCCCCCCCCCCCCCC. The van der Waals surface area contributed by atoms with E-state index in [1.807, 2.05) is 36.5 Å². The Hall–Kier alpha value is -2.33. The number of allylic oxidation sites excluding steroid dienone is 8. The van der Waals surface area contributed by atoms with E-state index in [1.165, 1.54) is 96.3 Å². The molecule has 0 aliphatic carbocycles. The quantitative estimate of drug-likeness (QED) is 0.0178. The van der Waals surface area contributed by atoms with Gasteiger partial charge in [-0.1, -0.05) is 190 Å². The van der Waals surface area contributed by atoms with Crippen molar-refractivity contribution in [3.63, 3.8) is 0 Å². The third-order valence-corrected chi connectivity index (χ3v) is 10.5. The number of nitrogens with two attached hydrogens (primary N) is 1. The summed E-state index contributed by atoms with van der Waals surface area (Å²) in [5.74, 6) is -0.933. The third kappa shape index (κ3) is 41.8. The molecule has 0 amide bonds. The lowest BCUT2D eigenvalue weighted by Gasteiger charge is -2.19. The van der Waals surface area contributed by atoms with Crippen LogP contribution in [0, 0.1) is 0 Å². The summed E-state index contributed by atoms with van der Waals surface area (Å²) in [4.78, 5) is 34.9. The fourth-order valence-electron chi connectivity index (χ4n) is 6.11. The van der Waals surface area contributed by atoms with E-state index >= 15 is 0 Å². The molecule has 0 saturated carbocycles. The third-order valence-electron chi connectivity index (χ3n) is 9.50. The number of aliphatic hydroxyl groups excluding tert-OH is 1. The van der Waals surface area contributed by atoms with E-state index in [-0.39, 0.29) is 32.6 Å². The Bertz CT molecular complexity index is 1150. The van der Waals surface area contributed by atoms with Crippen LogP contribution in [0.1, 0.15) is 187 Å². The second kappa shape index (κ2) is 42.8. The number of ether oxygens (including phenoxy) is 2. The second-order valence-corrected chi connectivity index (χ2v) is 16.6. The summed E-state index contributed by atoms with van der Waals surface area (Å²) in [6, 6.07) is 0. The molecule has 0 bridgehead atoms. The molecule has 0 aromatic heterocycles. The van der Waals surface area contributed by atoms with Gasteiger partial charge in [-0.3, -0.25) is 18.6 Å². The number of hydrogen-bond donors (Lipinski definition) is 3. The number of unbranched alkanes of at least 4 members (excludes halogenated alkanes) is 19. The van der Waals surface area contributed by atoms with Gasteiger partial charge in [-0.25, -0.2) is 4.57 Å². The summed E-state index contributed by atoms with van der Waals surface area (Å²) in [5.41, 5.74) is 5.35. The van der Waals surface area contributed by atoms with Gasteiger partial charge in [0.15, 0.2) is 6.10 Å². The fraction of sp³-hybridized carbons (Fsp3) is 0.745. The van der Waals surface area contributed by atoms with E-state index in [2.05, 4.69) is 32.1 Å². The zero-order valence-electron chi connectivity index (χ0n) is 36.6. The van der Waals surface area contributed by atoms with Crippen LogP contribution in [0.5, 0.6) is 0 Å². The van der Waals surface area contributed by atoms with E-state index < -0.39 is 38.6 Å². The smallest absolute Gasteiger partial charge is 0.462 e. The topological polar surface area (TPSA) is 155 Å². The van der Waals surface area contributed by atoms with E-state index in [0.717, 1.165) is 38.5 Å². The monoisotopic (exact) mass is 838 g/mol. The number of carbonyl (C=O) groups excluding carboxylic acids is 2. The molecular weight excluding hydrogens is 753 g/mol. The molecule has 0 fully saturated rings. The van der Waals surface area contributed by atoms with Gasteiger partial charge in [-0.2, -0.15) is 0 Å². The highest BCUT2D eigenvalue weighted by molar-refractivity contribution is 7.47. The summed E-state index contributed by atoms with van der Waals surface area (Å²) in [7, 11) is -4.41. The van der Waals surface area contributed by atoms with Crippen molar-refractivity contribution >= 4 is 19.8 Å². The Labute approximate surface area is 353 Å². The zero-order valence-corrected chi connectivity index (χ0v) is 37.5. The van der Waals surface area contributed by atoms with Gasteiger partial charge in [-0.05, 0) is 44.9 Å². The Morgan fingerprint density at radius 3 is 1.74 bits per heavy atom. The predicted molar refractivity (Wildman–Crippen MR) is 239 cm³/mol. The fourth-order valence-corrected chi connectivity index (χ4v) is 6.87. The van der Waals surface area contributed by atoms with Crippen LogP contribution in [0.15, 0.2) is 60.8 Å². The summed E-state index contributed by atoms with van der Waals surface area (Å²) < 4.78 is 32.7. The molecule has 336 valence electrons. The average molecular weight is 838 g/mol. The van der Waals surface area contributed by atoms with E-state index in [0.29, 0.717) is 25.7 Å². The van der Waals surface area contributed by atoms with Crippen molar-refractivity contribution in [1.29, 1.82) is 0 Å². The summed E-state index contributed by atoms with van der Waals surface area (Å²) in [6.45, 7) is 3.47. The molecule has 0 aromatic rings. The second-order valence-electron chi connectivity index (χ2n) is 15.1. The number of hydrogen-bond acceptors (Lipinski definition) is 9. The summed E-state index contributed by atoms with van der Waals surface area (Å²) in [6.07, 6.45) is 47.2. The van der Waals surface area contributed by atoms with Gasteiger partial charge >= 0.3 is 19.8 Å². The van der Waals surface area contributed by atoms with Crippen molar-refractivity contribution in [1.82, 2.24) is 0 Å². The van der Waals surface area contributed by atoms with Crippen LogP contribution in [-0.2, 0) is 32.7 Å². The molecule has 11 heteroatoms. The molecular formula is C47H84NO9P. The lowest BCUT2D eigenvalue weighted by molar-refractivity contribution is -0.161. The number of phosphoric ester groups is 1. The Morgan fingerprint density at radius 2 is 1.16 bits per heavy atom. The average Bonchev–Trinajstić information content (AvgIpc) is 3.21. The van der Waals surface area contributed by atoms with E-state index in [1.54, 1.807) is 6.08 Å². The summed E-state index contributed by atoms with van der Waals surface area (Å²) in [5, 5.41) is 10.0. The van der Waals surface area contributed by atoms with Gasteiger partial charge < -0.3 is 25.2 Å². The minimum absolute atomic E-state index is 0.0355. The molecule has 0 spiro atoms. The van der Waals surface area contributed by atoms with Crippen molar-refractivity contribution < 1.29 is 42.7 Å². The molecule has 58 heavy (non-hydrogen) atoms. The molecule has 0 saturated heterocycles. The van der Waals surface area contributed by atoms with Gasteiger partial charge in [0.25, 0.3) is 0 Å². The van der Waals surface area contributed by atoms with Crippen molar-refractivity contribution in [3.8, 4) is 0 Å². The van der Waals surface area contributed by atoms with Crippen LogP contribution in [0.25, 0.3) is 0 Å². The predicted octanol–water partition coefficient (Wildman–Crippen LogP) is 12.2. The number of phosphoric acid groups is 1. The first-order chi connectivity index (χ1) is 28.2. The molecule has 0 radical (unpaired) electrons. The molecule has 3 atom stereocenters. The first kappa shape index (κ1) is 55.7. The highest BCUT2D eigenvalue weighted by atomic mass is 31.2. The lowest BCUT2D eigenvalue weighted by Crippen LogP contribution is -2.29. The number of esters is 2. The highest BCUT2D eigenvalue weighted by Gasteiger charge is 2.26. The maximum atomic E-state index is 12.6. The largest absolute Gasteiger partial charge is 0.472 e. The normalized spacial score (nSPS) is 14.4. The first-order valence-electron chi connectivity index (χ1n) is 22.9. The molecule has 0 rings (SSSR count). The van der Waals surface area contributed by atoms with Gasteiger partial charge in [0.05, 0.1) is 19.3 Å². The lowest BCUT2D eigenvalue weighted by atomic mass is 10.0. The number of carbonyl (C=O) groups is 2. The maximum absolute atomic E-state index is 12.6. The molecule has 2 unspecified atom stereocenters. The van der Waals surface area contributed by atoms with Crippen LogP contribution >= 0.6 is 7.82 Å². The van der Waals surface area contributed by atoms with Crippen molar-refractivity contribution in [2.45, 2.75) is 199 Å². The standard InChI is InChI=1S/C47H84NO9P/c1-3-5-7-9-11-12-13-14-15-16-17-18-19-20-21-22-27-31-35-39-47(51)57-45(43-56-58(52,53)55-41-40-48)42-54-46(50)38-34-30-26-24-23-25-29-33-37-44(49)36-32-28-10-8-6-4-2/h6,8,24-26,28-29,32-33,37,44-45,49H,3-5,7,9-23,27,30-31,34-36,38-43,48H2,1-2H3,(H,52,53)/b8-6-,26-24-,29-25-,32-28-,37-33+/t44?,45-/m1/s1. The van der Waals surface area contributed by atoms with Crippen LogP contribution in [0.4, 0.5) is 0 Å². The van der Waals surface area contributed by atoms with E-state index in [4.69, 9.17) is 24.3 Å². The van der Waals surface area contributed by atoms with Gasteiger partial charge in [-0.15, -0.1) is 0 Å². The molecule has 0 heterocycles. The number of rotatable bonds is 42. The van der Waals surface area contributed by atoms with E-state index in [9.17, 15) is 24.2 Å². The molecule has 0 aliphatic rings. The summed E-state index contributed by atoms with van der Waals surface area (Å²) >= 11 is 0. The highest BCUT2D eigenvalue weighted by Crippen LogP contribution is 2.43. The van der Waals surface area contributed by atoms with Crippen molar-refractivity contribution in [2.24, 2.45) is 5.73 Å². The van der Waals surface area contributed by atoms with Crippen molar-refractivity contribution in [2.75, 3.05) is 26.4 Å². The molecule has 4 N–H and O–H groups in total. The van der Waals surface area contributed by atoms with Gasteiger partial charge in [0.2, 0.25) is 0 Å². The van der Waals surface area contributed by atoms with Crippen LogP contribution in [0.2, 0.25) is 0 Å². The Morgan fingerprint density at radius 1 is 0.621 bits per heavy atom. The van der Waals surface area contributed by atoms with Crippen LogP contribution in [-0.4, -0.2) is 60.5 Å². The van der Waals surface area contributed by atoms with Gasteiger partial charge in [0.1, 0.15) is 6.61 Å². The van der Waals surface area contributed by atoms with Crippen molar-refractivity contribution in [3.05, 3.63) is 60.8 Å². The van der Waals surface area contributed by atoms with Crippen LogP contribution < -0.4 is 5.73 Å². The minimum Gasteiger partial charge on any atom is -0.462 e. The van der Waals surface area contributed by atoms with Gasteiger partial charge in [0, 0.05) is 19.4 Å². The first-order valence-corrected chi connectivity index (χ1v) is 24.4. The Kier molecular flexibility index (Phi) is 41.1. The number of aliphatic hydroxyl groups is 1. The molecule has 0 aliphatic heterocycles. The minimum atomic E-state index is -4.41. The molecule has 10 nitrogen and oxygen atoms in total.